The van der Waals surface area contributed by atoms with Crippen molar-refractivity contribution in [3.05, 3.63) is 47.0 Å². The predicted octanol–water partition coefficient (Wildman–Crippen LogP) is 4.31. The number of aryl methyl sites for hydroxylation is 1. The van der Waals surface area contributed by atoms with Gasteiger partial charge in [0.1, 0.15) is 0 Å². The molecule has 0 saturated heterocycles. The van der Waals surface area contributed by atoms with E-state index in [2.05, 4.69) is 56.5 Å². The van der Waals surface area contributed by atoms with E-state index in [9.17, 15) is 0 Å². The van der Waals surface area contributed by atoms with E-state index in [1.807, 2.05) is 0 Å². The van der Waals surface area contributed by atoms with E-state index in [-0.39, 0.29) is 0 Å². The lowest BCUT2D eigenvalue weighted by Gasteiger charge is -2.31. The second-order valence-corrected chi connectivity index (χ2v) is 5.56. The maximum absolute atomic E-state index is 3.47. The smallest absolute Gasteiger partial charge is 0.0320 e. The van der Waals surface area contributed by atoms with Gasteiger partial charge < -0.3 is 5.32 Å². The van der Waals surface area contributed by atoms with Crippen molar-refractivity contribution in [1.82, 2.24) is 5.32 Å². The van der Waals surface area contributed by atoms with Crippen LogP contribution in [0.3, 0.4) is 0 Å². The summed E-state index contributed by atoms with van der Waals surface area (Å²) in [5, 5.41) is 6.35. The summed E-state index contributed by atoms with van der Waals surface area (Å²) in [4.78, 5) is 0. The lowest BCUT2D eigenvalue weighted by atomic mass is 9.77. The minimum Gasteiger partial charge on any atom is -0.313 e. The molecule has 2 atom stereocenters. The Balaban J connectivity index is 2.35. The Hall–Kier alpha value is -1.34. The molecule has 0 saturated carbocycles. The highest BCUT2D eigenvalue weighted by atomic mass is 14.9. The Morgan fingerprint density at radius 1 is 1.11 bits per heavy atom. The summed E-state index contributed by atoms with van der Waals surface area (Å²) in [5.41, 5.74) is 4.49. The second-order valence-electron chi connectivity index (χ2n) is 5.56. The van der Waals surface area contributed by atoms with Crippen molar-refractivity contribution in [3.8, 4) is 0 Å². The largest absolute Gasteiger partial charge is 0.313 e. The number of hydrogen-bond donors (Lipinski definition) is 1. The molecule has 1 nitrogen and oxygen atoms in total. The van der Waals surface area contributed by atoms with Gasteiger partial charge in [0.15, 0.2) is 0 Å². The zero-order chi connectivity index (χ0) is 12.7. The molecule has 2 unspecified atom stereocenters. The normalized spacial score (nSPS) is 23.1. The van der Waals surface area contributed by atoms with Gasteiger partial charge in [0.05, 0.1) is 0 Å². The van der Waals surface area contributed by atoms with E-state index < -0.39 is 0 Å². The highest BCUT2D eigenvalue weighted by Gasteiger charge is 2.25. The van der Waals surface area contributed by atoms with Crippen LogP contribution in [-0.4, -0.2) is 7.05 Å². The zero-order valence-corrected chi connectivity index (χ0v) is 11.5. The highest BCUT2D eigenvalue weighted by molar-refractivity contribution is 5.90. The summed E-state index contributed by atoms with van der Waals surface area (Å²) < 4.78 is 0. The average molecular weight is 239 g/mol. The Morgan fingerprint density at radius 2 is 1.83 bits per heavy atom. The molecule has 0 fully saturated rings. The monoisotopic (exact) mass is 239 g/mol. The van der Waals surface area contributed by atoms with Gasteiger partial charge in [0.2, 0.25) is 0 Å². The molecule has 18 heavy (non-hydrogen) atoms. The molecule has 0 heterocycles. The van der Waals surface area contributed by atoms with Gasteiger partial charge in [-0.1, -0.05) is 37.3 Å². The van der Waals surface area contributed by atoms with Crippen molar-refractivity contribution in [2.24, 2.45) is 0 Å². The molecule has 1 heteroatoms. The third-order valence-corrected chi connectivity index (χ3v) is 4.43. The first-order chi connectivity index (χ1) is 8.72. The minimum absolute atomic E-state index is 0.527. The molecule has 0 amide bonds. The first-order valence-electron chi connectivity index (χ1n) is 6.91. The van der Waals surface area contributed by atoms with Crippen molar-refractivity contribution < 1.29 is 0 Å². The van der Waals surface area contributed by atoms with Crippen LogP contribution in [0.25, 0.3) is 10.8 Å². The first kappa shape index (κ1) is 11.7. The molecule has 0 spiro atoms. The summed E-state index contributed by atoms with van der Waals surface area (Å²) in [5.74, 6) is 0.676. The van der Waals surface area contributed by atoms with Crippen molar-refractivity contribution in [2.75, 3.05) is 7.05 Å². The third-order valence-electron chi connectivity index (χ3n) is 4.43. The summed E-state index contributed by atoms with van der Waals surface area (Å²) in [7, 11) is 2.08. The SMILES string of the molecule is CNC1CCC(C)c2c1cc(C)c1ccccc21. The van der Waals surface area contributed by atoms with Crippen molar-refractivity contribution in [3.63, 3.8) is 0 Å². The van der Waals surface area contributed by atoms with Gasteiger partial charge >= 0.3 is 0 Å². The van der Waals surface area contributed by atoms with Crippen LogP contribution >= 0.6 is 0 Å². The fraction of sp³-hybridized carbons (Fsp3) is 0.412. The lowest BCUT2D eigenvalue weighted by molar-refractivity contribution is 0.462. The van der Waals surface area contributed by atoms with E-state index in [0.717, 1.165) is 0 Å². The number of benzene rings is 2. The molecule has 1 aliphatic carbocycles. The van der Waals surface area contributed by atoms with Gasteiger partial charge in [-0.15, -0.1) is 0 Å². The van der Waals surface area contributed by atoms with Gasteiger partial charge in [0, 0.05) is 6.04 Å². The molecule has 94 valence electrons. The highest BCUT2D eigenvalue weighted by Crippen LogP contribution is 2.42. The summed E-state index contributed by atoms with van der Waals surface area (Å²) >= 11 is 0. The predicted molar refractivity (Wildman–Crippen MR) is 78.1 cm³/mol. The van der Waals surface area contributed by atoms with Crippen LogP contribution in [0.5, 0.6) is 0 Å². The minimum atomic E-state index is 0.527. The van der Waals surface area contributed by atoms with Gasteiger partial charge in [0.25, 0.3) is 0 Å². The maximum Gasteiger partial charge on any atom is 0.0320 e. The maximum atomic E-state index is 3.47. The molecular formula is C17H21N. The Bertz CT molecular complexity index is 585. The van der Waals surface area contributed by atoms with E-state index >= 15 is 0 Å². The van der Waals surface area contributed by atoms with Crippen LogP contribution in [0.4, 0.5) is 0 Å². The van der Waals surface area contributed by atoms with Crippen LogP contribution in [0.1, 0.15) is 48.4 Å². The third kappa shape index (κ3) is 1.65. The van der Waals surface area contributed by atoms with Crippen molar-refractivity contribution in [2.45, 2.75) is 38.6 Å². The molecule has 0 radical (unpaired) electrons. The topological polar surface area (TPSA) is 12.0 Å². The fourth-order valence-electron chi connectivity index (χ4n) is 3.46. The van der Waals surface area contributed by atoms with Crippen LogP contribution in [-0.2, 0) is 0 Å². The summed E-state index contributed by atoms with van der Waals surface area (Å²) in [6.45, 7) is 4.60. The zero-order valence-electron chi connectivity index (χ0n) is 11.5. The van der Waals surface area contributed by atoms with Crippen LogP contribution in [0.2, 0.25) is 0 Å². The molecule has 0 aromatic heterocycles. The van der Waals surface area contributed by atoms with Gasteiger partial charge in [-0.25, -0.2) is 0 Å². The lowest BCUT2D eigenvalue weighted by Crippen LogP contribution is -2.23. The quantitative estimate of drug-likeness (QED) is 0.782. The molecule has 0 aliphatic heterocycles. The second kappa shape index (κ2) is 4.40. The van der Waals surface area contributed by atoms with Gasteiger partial charge in [-0.3, -0.25) is 0 Å². The number of nitrogens with one attached hydrogen (secondary N) is 1. The average Bonchev–Trinajstić information content (AvgIpc) is 2.39. The van der Waals surface area contributed by atoms with Crippen LogP contribution < -0.4 is 5.32 Å². The van der Waals surface area contributed by atoms with Crippen LogP contribution in [0.15, 0.2) is 30.3 Å². The van der Waals surface area contributed by atoms with E-state index in [1.165, 1.54) is 34.7 Å². The molecule has 2 aromatic carbocycles. The van der Waals surface area contributed by atoms with Crippen LogP contribution in [0, 0.1) is 6.92 Å². The number of hydrogen-bond acceptors (Lipinski definition) is 1. The molecule has 1 N–H and O–H groups in total. The summed E-state index contributed by atoms with van der Waals surface area (Å²) in [6, 6.07) is 11.8. The van der Waals surface area contributed by atoms with Crippen molar-refractivity contribution >= 4 is 10.8 Å². The summed E-state index contributed by atoms with van der Waals surface area (Å²) in [6.07, 6.45) is 2.54. The van der Waals surface area contributed by atoms with E-state index in [1.54, 1.807) is 5.56 Å². The molecule has 3 rings (SSSR count). The molecular weight excluding hydrogens is 218 g/mol. The molecule has 2 aromatic rings. The molecule has 0 bridgehead atoms. The fourth-order valence-corrected chi connectivity index (χ4v) is 3.46. The van der Waals surface area contributed by atoms with E-state index in [4.69, 9.17) is 0 Å². The van der Waals surface area contributed by atoms with Gasteiger partial charge in [-0.2, -0.15) is 0 Å². The van der Waals surface area contributed by atoms with Gasteiger partial charge in [-0.05, 0) is 60.2 Å². The Labute approximate surface area is 109 Å². The Kier molecular flexibility index (Phi) is 2.87. The van der Waals surface area contributed by atoms with Crippen molar-refractivity contribution in [1.29, 1.82) is 0 Å². The molecule has 1 aliphatic rings. The Morgan fingerprint density at radius 3 is 2.56 bits per heavy atom. The number of fused-ring (bicyclic) bond motifs is 3. The van der Waals surface area contributed by atoms with E-state index in [0.29, 0.717) is 12.0 Å². The standard InChI is InChI=1S/C17H21N/c1-11-8-9-16(18-3)15-10-12(2)13-6-4-5-7-14(13)17(11)15/h4-7,10-11,16,18H,8-9H2,1-3H3. The number of rotatable bonds is 1. The first-order valence-corrected chi connectivity index (χ1v) is 6.91.